The van der Waals surface area contributed by atoms with Crippen molar-refractivity contribution in [2.24, 2.45) is 11.1 Å². The highest BCUT2D eigenvalue weighted by atomic mass is 35.5. The molecule has 0 fully saturated rings. The number of nitrogens with zero attached hydrogens (tertiary/aromatic N) is 1. The fraction of sp³-hybridized carbons (Fsp3) is 0.562. The molecule has 2 N–H and O–H groups in total. The van der Waals surface area contributed by atoms with Crippen molar-refractivity contribution in [1.29, 1.82) is 0 Å². The van der Waals surface area contributed by atoms with Crippen molar-refractivity contribution in [3.63, 3.8) is 0 Å². The van der Waals surface area contributed by atoms with Gasteiger partial charge in [-0.05, 0) is 37.5 Å². The Morgan fingerprint density at radius 1 is 1.30 bits per heavy atom. The van der Waals surface area contributed by atoms with E-state index < -0.39 is 5.41 Å². The molecule has 0 unspecified atom stereocenters. The normalized spacial score (nSPS) is 11.4. The molecule has 1 amide bonds. The van der Waals surface area contributed by atoms with Crippen molar-refractivity contribution in [2.75, 3.05) is 13.1 Å². The van der Waals surface area contributed by atoms with Gasteiger partial charge in [-0.3, -0.25) is 4.79 Å². The number of rotatable bonds is 7. The topological polar surface area (TPSA) is 46.3 Å². The lowest BCUT2D eigenvalue weighted by Gasteiger charge is -2.34. The molecule has 0 atom stereocenters. The Balaban J connectivity index is 2.92. The first kappa shape index (κ1) is 17.0. The minimum atomic E-state index is -0.436. The summed E-state index contributed by atoms with van der Waals surface area (Å²) in [7, 11) is 0. The molecule has 0 bridgehead atoms. The van der Waals surface area contributed by atoms with Crippen molar-refractivity contribution in [2.45, 2.75) is 40.2 Å². The molecule has 20 heavy (non-hydrogen) atoms. The first-order chi connectivity index (χ1) is 9.52. The van der Waals surface area contributed by atoms with E-state index >= 15 is 0 Å². The summed E-state index contributed by atoms with van der Waals surface area (Å²) in [5.74, 6) is 0.146. The van der Waals surface area contributed by atoms with Crippen LogP contribution in [0.15, 0.2) is 24.3 Å². The average molecular weight is 297 g/mol. The zero-order chi connectivity index (χ0) is 15.2. The van der Waals surface area contributed by atoms with Crippen molar-refractivity contribution < 1.29 is 4.79 Å². The second-order valence-electron chi connectivity index (χ2n) is 5.14. The molecular weight excluding hydrogens is 272 g/mol. The van der Waals surface area contributed by atoms with Gasteiger partial charge in [-0.25, -0.2) is 0 Å². The Bertz CT molecular complexity index is 436. The summed E-state index contributed by atoms with van der Waals surface area (Å²) < 4.78 is 0. The number of amides is 1. The number of carbonyl (C=O) groups is 1. The Hall–Kier alpha value is -1.06. The minimum Gasteiger partial charge on any atom is -0.338 e. The third-order valence-corrected chi connectivity index (χ3v) is 4.36. The van der Waals surface area contributed by atoms with Crippen LogP contribution in [0.4, 0.5) is 0 Å². The van der Waals surface area contributed by atoms with Crippen LogP contribution in [0.1, 0.15) is 39.2 Å². The lowest BCUT2D eigenvalue weighted by Crippen LogP contribution is -2.47. The number of halogens is 1. The maximum atomic E-state index is 12.8. The fourth-order valence-electron chi connectivity index (χ4n) is 2.45. The first-order valence-electron chi connectivity index (χ1n) is 7.26. The molecule has 0 spiro atoms. The van der Waals surface area contributed by atoms with Crippen LogP contribution in [0.5, 0.6) is 0 Å². The average Bonchev–Trinajstić information content (AvgIpc) is 2.47. The van der Waals surface area contributed by atoms with E-state index in [-0.39, 0.29) is 5.91 Å². The van der Waals surface area contributed by atoms with Gasteiger partial charge in [0, 0.05) is 24.7 Å². The van der Waals surface area contributed by atoms with Gasteiger partial charge in [-0.15, -0.1) is 0 Å². The van der Waals surface area contributed by atoms with Crippen LogP contribution in [-0.4, -0.2) is 23.9 Å². The lowest BCUT2D eigenvalue weighted by molar-refractivity contribution is -0.142. The van der Waals surface area contributed by atoms with Crippen LogP contribution in [0, 0.1) is 5.41 Å². The third kappa shape index (κ3) is 3.74. The summed E-state index contributed by atoms with van der Waals surface area (Å²) in [5, 5.41) is 0.696. The van der Waals surface area contributed by atoms with Crippen LogP contribution in [0.25, 0.3) is 0 Å². The molecule has 0 aromatic heterocycles. The Morgan fingerprint density at radius 3 is 2.40 bits per heavy atom. The lowest BCUT2D eigenvalue weighted by atomic mass is 9.81. The second-order valence-corrected chi connectivity index (χ2v) is 5.58. The van der Waals surface area contributed by atoms with Crippen LogP contribution in [0.2, 0.25) is 5.02 Å². The van der Waals surface area contributed by atoms with Crippen molar-refractivity contribution >= 4 is 17.5 Å². The van der Waals surface area contributed by atoms with Gasteiger partial charge in [0.25, 0.3) is 0 Å². The van der Waals surface area contributed by atoms with Gasteiger partial charge in [-0.1, -0.05) is 37.6 Å². The van der Waals surface area contributed by atoms with Crippen molar-refractivity contribution in [1.82, 2.24) is 4.90 Å². The minimum absolute atomic E-state index is 0.146. The summed E-state index contributed by atoms with van der Waals surface area (Å²) in [4.78, 5) is 14.7. The van der Waals surface area contributed by atoms with E-state index in [0.29, 0.717) is 24.7 Å². The molecule has 1 aromatic carbocycles. The Kier molecular flexibility index (Phi) is 6.50. The van der Waals surface area contributed by atoms with Gasteiger partial charge in [0.2, 0.25) is 5.91 Å². The molecular formula is C16H25ClN2O. The summed E-state index contributed by atoms with van der Waals surface area (Å²) in [5.41, 5.74) is 6.48. The molecule has 0 aliphatic rings. The molecule has 4 heteroatoms. The highest BCUT2D eigenvalue weighted by Crippen LogP contribution is 2.28. The Morgan fingerprint density at radius 2 is 1.95 bits per heavy atom. The third-order valence-electron chi connectivity index (χ3n) is 4.13. The Labute approximate surface area is 127 Å². The summed E-state index contributed by atoms with van der Waals surface area (Å²) >= 11 is 6.00. The maximum absolute atomic E-state index is 12.8. The monoisotopic (exact) mass is 296 g/mol. The van der Waals surface area contributed by atoms with E-state index in [1.54, 1.807) is 0 Å². The highest BCUT2D eigenvalue weighted by molar-refractivity contribution is 6.30. The number of nitrogens with two attached hydrogens (primary N) is 1. The van der Waals surface area contributed by atoms with Crippen LogP contribution in [0.3, 0.4) is 0 Å². The van der Waals surface area contributed by atoms with Crippen LogP contribution < -0.4 is 5.73 Å². The van der Waals surface area contributed by atoms with Gasteiger partial charge < -0.3 is 10.6 Å². The fourth-order valence-corrected chi connectivity index (χ4v) is 2.66. The van der Waals surface area contributed by atoms with E-state index in [1.165, 1.54) is 0 Å². The smallest absolute Gasteiger partial charge is 0.230 e. The predicted octanol–water partition coefficient (Wildman–Crippen LogP) is 3.45. The first-order valence-corrected chi connectivity index (χ1v) is 7.64. The quantitative estimate of drug-likeness (QED) is 0.837. The number of hydrogen-bond donors (Lipinski definition) is 1. The van der Waals surface area contributed by atoms with E-state index in [0.717, 1.165) is 18.4 Å². The van der Waals surface area contributed by atoms with Gasteiger partial charge in [0.1, 0.15) is 0 Å². The molecule has 3 nitrogen and oxygen atoms in total. The van der Waals surface area contributed by atoms with Gasteiger partial charge in [0.05, 0.1) is 5.41 Å². The zero-order valence-electron chi connectivity index (χ0n) is 12.7. The molecule has 112 valence electrons. The van der Waals surface area contributed by atoms with E-state index in [2.05, 4.69) is 0 Å². The summed E-state index contributed by atoms with van der Waals surface area (Å²) in [6, 6.07) is 7.64. The van der Waals surface area contributed by atoms with E-state index in [1.807, 2.05) is 49.9 Å². The molecule has 1 rings (SSSR count). The molecule has 0 radical (unpaired) electrons. The molecule has 0 saturated heterocycles. The molecule has 0 aliphatic heterocycles. The highest BCUT2D eigenvalue weighted by Gasteiger charge is 2.36. The van der Waals surface area contributed by atoms with E-state index in [9.17, 15) is 4.79 Å². The second kappa shape index (κ2) is 7.65. The van der Waals surface area contributed by atoms with Crippen molar-refractivity contribution in [3.8, 4) is 0 Å². The van der Waals surface area contributed by atoms with Gasteiger partial charge in [-0.2, -0.15) is 0 Å². The molecule has 1 aromatic rings. The standard InChI is InChI=1S/C16H25ClN2O/c1-4-16(5-2,12-18)15(20)19(6-3)11-13-8-7-9-14(17)10-13/h7-10H,4-6,11-12,18H2,1-3H3. The van der Waals surface area contributed by atoms with Crippen molar-refractivity contribution in [3.05, 3.63) is 34.9 Å². The van der Waals surface area contributed by atoms with Gasteiger partial charge >= 0.3 is 0 Å². The van der Waals surface area contributed by atoms with Gasteiger partial charge in [0.15, 0.2) is 0 Å². The van der Waals surface area contributed by atoms with Crippen LogP contribution >= 0.6 is 11.6 Å². The largest absolute Gasteiger partial charge is 0.338 e. The number of hydrogen-bond acceptors (Lipinski definition) is 2. The molecule has 0 saturated carbocycles. The zero-order valence-corrected chi connectivity index (χ0v) is 13.4. The molecule has 0 heterocycles. The predicted molar refractivity (Wildman–Crippen MR) is 84.6 cm³/mol. The maximum Gasteiger partial charge on any atom is 0.230 e. The summed E-state index contributed by atoms with van der Waals surface area (Å²) in [6.45, 7) is 7.70. The summed E-state index contributed by atoms with van der Waals surface area (Å²) in [6.07, 6.45) is 1.54. The van der Waals surface area contributed by atoms with E-state index in [4.69, 9.17) is 17.3 Å². The number of carbonyl (C=O) groups excluding carboxylic acids is 1. The van der Waals surface area contributed by atoms with Crippen LogP contribution in [-0.2, 0) is 11.3 Å². The SMILES string of the molecule is CCN(Cc1cccc(Cl)c1)C(=O)C(CC)(CC)CN. The number of benzene rings is 1. The molecule has 0 aliphatic carbocycles.